The highest BCUT2D eigenvalue weighted by Crippen LogP contribution is 2.32. The highest BCUT2D eigenvalue weighted by Gasteiger charge is 2.34. The molecule has 1 fully saturated rings. The van der Waals surface area contributed by atoms with E-state index in [9.17, 15) is 9.59 Å². The second-order valence-electron chi connectivity index (χ2n) is 7.71. The van der Waals surface area contributed by atoms with Crippen molar-refractivity contribution in [3.63, 3.8) is 0 Å². The molecular formula is C23H25Cl3N2O2. The first-order chi connectivity index (χ1) is 14.4. The van der Waals surface area contributed by atoms with Gasteiger partial charge >= 0.3 is 0 Å². The van der Waals surface area contributed by atoms with E-state index in [2.05, 4.69) is 12.2 Å². The van der Waals surface area contributed by atoms with E-state index < -0.39 is 6.04 Å². The molecule has 0 bridgehead atoms. The first-order valence-electron chi connectivity index (χ1n) is 10.1. The summed E-state index contributed by atoms with van der Waals surface area (Å²) in [6, 6.07) is 13.0. The monoisotopic (exact) mass is 466 g/mol. The van der Waals surface area contributed by atoms with Crippen molar-refractivity contribution in [3.05, 3.63) is 64.1 Å². The minimum Gasteiger partial charge on any atom is -0.351 e. The zero-order valence-corrected chi connectivity index (χ0v) is 19.1. The van der Waals surface area contributed by atoms with Gasteiger partial charge in [0.2, 0.25) is 11.8 Å². The number of rotatable bonds is 6. The van der Waals surface area contributed by atoms with Crippen LogP contribution in [0.2, 0.25) is 10.0 Å². The van der Waals surface area contributed by atoms with Gasteiger partial charge in [0.05, 0.1) is 0 Å². The molecule has 7 heteroatoms. The van der Waals surface area contributed by atoms with E-state index in [4.69, 9.17) is 34.8 Å². The van der Waals surface area contributed by atoms with E-state index in [-0.39, 0.29) is 23.7 Å². The molecule has 160 valence electrons. The predicted molar refractivity (Wildman–Crippen MR) is 123 cm³/mol. The van der Waals surface area contributed by atoms with Crippen molar-refractivity contribution in [2.75, 3.05) is 10.8 Å². The van der Waals surface area contributed by atoms with Gasteiger partial charge in [0.15, 0.2) is 0 Å². The number of carbonyl (C=O) groups is 2. The van der Waals surface area contributed by atoms with Crippen molar-refractivity contribution < 1.29 is 9.59 Å². The molecule has 2 aromatic carbocycles. The van der Waals surface area contributed by atoms with Gasteiger partial charge in [-0.25, -0.2) is 0 Å². The summed E-state index contributed by atoms with van der Waals surface area (Å²) < 4.78 is 0. The Hall–Kier alpha value is -1.75. The Morgan fingerprint density at radius 3 is 2.40 bits per heavy atom. The van der Waals surface area contributed by atoms with E-state index in [0.29, 0.717) is 27.2 Å². The normalized spacial score (nSPS) is 19.7. The number of amides is 2. The maximum Gasteiger partial charge on any atom is 0.248 e. The number of hydrogen-bond acceptors (Lipinski definition) is 2. The summed E-state index contributed by atoms with van der Waals surface area (Å²) in [5.74, 6) is -0.499. The molecule has 2 amide bonds. The van der Waals surface area contributed by atoms with Crippen LogP contribution >= 0.6 is 34.8 Å². The van der Waals surface area contributed by atoms with Crippen LogP contribution in [-0.4, -0.2) is 23.7 Å². The van der Waals surface area contributed by atoms with E-state index in [1.807, 2.05) is 0 Å². The summed E-state index contributed by atoms with van der Waals surface area (Å²) in [5, 5.41) is 4.20. The lowest BCUT2D eigenvalue weighted by Crippen LogP contribution is -2.49. The van der Waals surface area contributed by atoms with Gasteiger partial charge in [0, 0.05) is 21.8 Å². The summed E-state index contributed by atoms with van der Waals surface area (Å²) in [4.78, 5) is 27.9. The maximum atomic E-state index is 13.5. The Labute approximate surface area is 192 Å². The molecule has 0 unspecified atom stereocenters. The van der Waals surface area contributed by atoms with Crippen LogP contribution in [0.5, 0.6) is 0 Å². The molecule has 0 heterocycles. The fraction of sp³-hybridized carbons (Fsp3) is 0.391. The summed E-state index contributed by atoms with van der Waals surface area (Å²) >= 11 is 18.2. The predicted octanol–water partition coefficient (Wildman–Crippen LogP) is 6.00. The van der Waals surface area contributed by atoms with E-state index in [1.54, 1.807) is 48.5 Å². The average Bonchev–Trinajstić information content (AvgIpc) is 2.74. The fourth-order valence-corrected chi connectivity index (χ4v) is 4.42. The third kappa shape index (κ3) is 5.48. The third-order valence-corrected chi connectivity index (χ3v) is 6.32. The second-order valence-corrected chi connectivity index (χ2v) is 8.85. The molecule has 30 heavy (non-hydrogen) atoms. The fourth-order valence-electron chi connectivity index (χ4n) is 3.98. The Kier molecular flexibility index (Phi) is 8.04. The molecule has 1 N–H and O–H groups in total. The van der Waals surface area contributed by atoms with Crippen LogP contribution in [0, 0.1) is 5.92 Å². The molecule has 0 spiro atoms. The Bertz CT molecular complexity index is 888. The SMILES string of the molecule is C[C@@H]1CCCC[C@H]1NC(=O)[C@H](c1ccc(Cl)cc1)N(C(=O)CCl)c1cccc(Cl)c1. The molecule has 0 aliphatic heterocycles. The highest BCUT2D eigenvalue weighted by atomic mass is 35.5. The third-order valence-electron chi connectivity index (χ3n) is 5.60. The number of alkyl halides is 1. The van der Waals surface area contributed by atoms with Gasteiger partial charge in [-0.2, -0.15) is 0 Å². The molecule has 4 nitrogen and oxygen atoms in total. The molecule has 0 radical (unpaired) electrons. The number of nitrogens with one attached hydrogen (secondary N) is 1. The molecule has 1 saturated carbocycles. The summed E-state index contributed by atoms with van der Waals surface area (Å²) in [7, 11) is 0. The van der Waals surface area contributed by atoms with Gasteiger partial charge in [-0.05, 0) is 54.7 Å². The second kappa shape index (κ2) is 10.5. The van der Waals surface area contributed by atoms with Crippen molar-refractivity contribution in [1.82, 2.24) is 5.32 Å². The lowest BCUT2D eigenvalue weighted by atomic mass is 9.85. The molecule has 1 aliphatic rings. The molecular weight excluding hydrogens is 443 g/mol. The topological polar surface area (TPSA) is 49.4 Å². The van der Waals surface area contributed by atoms with Gasteiger partial charge in [0.25, 0.3) is 0 Å². The molecule has 1 aliphatic carbocycles. The van der Waals surface area contributed by atoms with E-state index in [1.165, 1.54) is 11.3 Å². The first kappa shape index (κ1) is 22.9. The van der Waals surface area contributed by atoms with Gasteiger partial charge < -0.3 is 5.32 Å². The maximum absolute atomic E-state index is 13.5. The van der Waals surface area contributed by atoms with E-state index >= 15 is 0 Å². The van der Waals surface area contributed by atoms with Crippen LogP contribution in [0.4, 0.5) is 5.69 Å². The van der Waals surface area contributed by atoms with Crippen LogP contribution in [0.1, 0.15) is 44.2 Å². The Morgan fingerprint density at radius 1 is 1.07 bits per heavy atom. The molecule has 0 aromatic heterocycles. The number of benzene rings is 2. The van der Waals surface area contributed by atoms with Crippen LogP contribution in [-0.2, 0) is 9.59 Å². The molecule has 2 aromatic rings. The van der Waals surface area contributed by atoms with Crippen molar-refractivity contribution in [2.24, 2.45) is 5.92 Å². The minimum absolute atomic E-state index is 0.0772. The number of hydrogen-bond donors (Lipinski definition) is 1. The van der Waals surface area contributed by atoms with E-state index in [0.717, 1.165) is 19.3 Å². The lowest BCUT2D eigenvalue weighted by molar-refractivity contribution is -0.126. The van der Waals surface area contributed by atoms with Crippen LogP contribution < -0.4 is 10.2 Å². The zero-order chi connectivity index (χ0) is 21.7. The van der Waals surface area contributed by atoms with Gasteiger partial charge in [-0.15, -0.1) is 11.6 Å². The van der Waals surface area contributed by atoms with Crippen LogP contribution in [0.15, 0.2) is 48.5 Å². The van der Waals surface area contributed by atoms with Crippen molar-refractivity contribution in [1.29, 1.82) is 0 Å². The van der Waals surface area contributed by atoms with Crippen molar-refractivity contribution in [2.45, 2.75) is 44.7 Å². The summed E-state index contributed by atoms with van der Waals surface area (Å²) in [6.45, 7) is 2.15. The molecule has 3 atom stereocenters. The number of carbonyl (C=O) groups excluding carboxylic acids is 2. The number of anilines is 1. The van der Waals surface area contributed by atoms with Crippen LogP contribution in [0.3, 0.4) is 0 Å². The summed E-state index contributed by atoms with van der Waals surface area (Å²) in [5.41, 5.74) is 1.17. The zero-order valence-electron chi connectivity index (χ0n) is 16.8. The van der Waals surface area contributed by atoms with Crippen molar-refractivity contribution in [3.8, 4) is 0 Å². The standard InChI is InChI=1S/C23H25Cl3N2O2/c1-15-5-2-3-8-20(15)27-23(30)22(16-9-11-17(25)12-10-16)28(21(29)14-24)19-7-4-6-18(26)13-19/h4,6-7,9-13,15,20,22H,2-3,5,8,14H2,1H3,(H,27,30)/t15-,20-,22+/m1/s1. The Balaban J connectivity index is 2.02. The van der Waals surface area contributed by atoms with Gasteiger partial charge in [-0.1, -0.05) is 61.2 Å². The lowest BCUT2D eigenvalue weighted by Gasteiger charge is -2.35. The van der Waals surface area contributed by atoms with Crippen LogP contribution in [0.25, 0.3) is 0 Å². The minimum atomic E-state index is -0.888. The quantitative estimate of drug-likeness (QED) is 0.530. The molecule has 0 saturated heterocycles. The largest absolute Gasteiger partial charge is 0.351 e. The first-order valence-corrected chi connectivity index (χ1v) is 11.4. The summed E-state index contributed by atoms with van der Waals surface area (Å²) in [6.07, 6.45) is 4.27. The highest BCUT2D eigenvalue weighted by molar-refractivity contribution is 6.32. The van der Waals surface area contributed by atoms with Crippen molar-refractivity contribution >= 4 is 52.3 Å². The number of halogens is 3. The average molecular weight is 468 g/mol. The van der Waals surface area contributed by atoms with Gasteiger partial charge in [-0.3, -0.25) is 14.5 Å². The van der Waals surface area contributed by atoms with Gasteiger partial charge in [0.1, 0.15) is 11.9 Å². The smallest absolute Gasteiger partial charge is 0.248 e. The molecule has 3 rings (SSSR count). The number of nitrogens with zero attached hydrogens (tertiary/aromatic N) is 1. The Morgan fingerprint density at radius 2 is 1.77 bits per heavy atom.